The molecule has 2 rings (SSSR count). The number of rotatable bonds is 2. The predicted octanol–water partition coefficient (Wildman–Crippen LogP) is 2.68. The molecule has 0 saturated heterocycles. The van der Waals surface area contributed by atoms with Crippen molar-refractivity contribution < 1.29 is 5.11 Å². The molecule has 0 aliphatic carbocycles. The lowest BCUT2D eigenvalue weighted by atomic mass is 10.1. The van der Waals surface area contributed by atoms with Crippen LogP contribution in [0.15, 0.2) is 36.5 Å². The quantitative estimate of drug-likeness (QED) is 0.859. The second-order valence-corrected chi connectivity index (χ2v) is 4.69. The summed E-state index contributed by atoms with van der Waals surface area (Å²) in [6.45, 7) is 5.41. The third-order valence-electron chi connectivity index (χ3n) is 2.55. The van der Waals surface area contributed by atoms with Gasteiger partial charge in [0.05, 0.1) is 5.69 Å². The summed E-state index contributed by atoms with van der Waals surface area (Å²) in [6, 6.07) is 9.97. The zero-order valence-corrected chi connectivity index (χ0v) is 10.3. The molecule has 3 heteroatoms. The van der Waals surface area contributed by atoms with Crippen LogP contribution >= 0.6 is 0 Å². The summed E-state index contributed by atoms with van der Waals surface area (Å²) >= 11 is 0. The van der Waals surface area contributed by atoms with Crippen molar-refractivity contribution in [1.29, 1.82) is 0 Å². The Kier molecular flexibility index (Phi) is 2.94. The summed E-state index contributed by atoms with van der Waals surface area (Å²) in [5.41, 5.74) is 2.06. The van der Waals surface area contributed by atoms with Gasteiger partial charge in [-0.25, -0.2) is 9.97 Å². The van der Waals surface area contributed by atoms with E-state index in [9.17, 15) is 5.11 Å². The first-order chi connectivity index (χ1) is 7.97. The van der Waals surface area contributed by atoms with Crippen LogP contribution in [0.3, 0.4) is 0 Å². The Balaban J connectivity index is 2.43. The summed E-state index contributed by atoms with van der Waals surface area (Å²) in [4.78, 5) is 8.48. The van der Waals surface area contributed by atoms with Gasteiger partial charge in [-0.3, -0.25) is 0 Å². The fourth-order valence-electron chi connectivity index (χ4n) is 1.54. The van der Waals surface area contributed by atoms with Crippen LogP contribution in [0.1, 0.15) is 25.2 Å². The van der Waals surface area contributed by atoms with Gasteiger partial charge < -0.3 is 5.11 Å². The Labute approximate surface area is 101 Å². The minimum absolute atomic E-state index is 0.440. The average molecular weight is 228 g/mol. The molecule has 2 aromatic rings. The van der Waals surface area contributed by atoms with Gasteiger partial charge in [-0.15, -0.1) is 0 Å². The maximum absolute atomic E-state index is 9.88. The van der Waals surface area contributed by atoms with Crippen molar-refractivity contribution in [2.45, 2.75) is 26.4 Å². The van der Waals surface area contributed by atoms with Crippen LogP contribution in [0.5, 0.6) is 0 Å². The van der Waals surface area contributed by atoms with Gasteiger partial charge in [-0.05, 0) is 26.8 Å². The highest BCUT2D eigenvalue weighted by Crippen LogP contribution is 2.20. The molecule has 88 valence electrons. The van der Waals surface area contributed by atoms with Crippen LogP contribution in [0.2, 0.25) is 0 Å². The number of nitrogens with zero attached hydrogens (tertiary/aromatic N) is 2. The molecule has 17 heavy (non-hydrogen) atoms. The van der Waals surface area contributed by atoms with Gasteiger partial charge in [0.15, 0.2) is 5.82 Å². The van der Waals surface area contributed by atoms with E-state index < -0.39 is 5.60 Å². The molecule has 0 bridgehead atoms. The Bertz CT molecular complexity index is 512. The van der Waals surface area contributed by atoms with Crippen LogP contribution in [0, 0.1) is 6.92 Å². The molecule has 0 amide bonds. The van der Waals surface area contributed by atoms with Crippen molar-refractivity contribution in [3.8, 4) is 11.3 Å². The third kappa shape index (κ3) is 2.68. The van der Waals surface area contributed by atoms with Gasteiger partial charge in [-0.1, -0.05) is 29.8 Å². The number of hydrogen-bond donors (Lipinski definition) is 1. The summed E-state index contributed by atoms with van der Waals surface area (Å²) < 4.78 is 0. The highest BCUT2D eigenvalue weighted by atomic mass is 16.3. The minimum Gasteiger partial charge on any atom is -0.382 e. The molecule has 0 aliphatic rings. The van der Waals surface area contributed by atoms with Crippen molar-refractivity contribution in [1.82, 2.24) is 9.97 Å². The Hall–Kier alpha value is -1.74. The Morgan fingerprint density at radius 3 is 2.29 bits per heavy atom. The van der Waals surface area contributed by atoms with Crippen molar-refractivity contribution >= 4 is 0 Å². The molecular weight excluding hydrogens is 212 g/mol. The van der Waals surface area contributed by atoms with Gasteiger partial charge >= 0.3 is 0 Å². The first-order valence-corrected chi connectivity index (χ1v) is 5.60. The minimum atomic E-state index is -1.01. The van der Waals surface area contributed by atoms with E-state index in [1.54, 1.807) is 20.0 Å². The topological polar surface area (TPSA) is 46.0 Å². The molecule has 1 N–H and O–H groups in total. The smallest absolute Gasteiger partial charge is 0.159 e. The molecular formula is C14H16N2O. The normalized spacial score (nSPS) is 11.5. The Morgan fingerprint density at radius 1 is 1.06 bits per heavy atom. The lowest BCUT2D eigenvalue weighted by Gasteiger charge is -2.15. The molecule has 3 nitrogen and oxygen atoms in total. The molecule has 0 atom stereocenters. The van der Waals surface area contributed by atoms with E-state index in [0.29, 0.717) is 5.82 Å². The SMILES string of the molecule is Cc1ccc(-c2ccnc(C(C)(C)O)n2)cc1. The number of aliphatic hydroxyl groups is 1. The summed E-state index contributed by atoms with van der Waals surface area (Å²) in [5, 5.41) is 9.88. The van der Waals surface area contributed by atoms with Gasteiger partial charge in [0.2, 0.25) is 0 Å². The van der Waals surface area contributed by atoms with Crippen LogP contribution in [-0.4, -0.2) is 15.1 Å². The standard InChI is InChI=1S/C14H16N2O/c1-10-4-6-11(7-5-10)12-8-9-15-13(16-12)14(2,3)17/h4-9,17H,1-3H3. The van der Waals surface area contributed by atoms with Crippen molar-refractivity contribution in [2.75, 3.05) is 0 Å². The zero-order chi connectivity index (χ0) is 12.5. The molecule has 0 fully saturated rings. The first-order valence-electron chi connectivity index (χ1n) is 5.60. The van der Waals surface area contributed by atoms with E-state index in [4.69, 9.17) is 0 Å². The van der Waals surface area contributed by atoms with E-state index in [-0.39, 0.29) is 0 Å². The summed E-state index contributed by atoms with van der Waals surface area (Å²) in [5.74, 6) is 0.440. The van der Waals surface area contributed by atoms with E-state index in [1.807, 2.05) is 37.3 Å². The van der Waals surface area contributed by atoms with Crippen molar-refractivity contribution in [3.63, 3.8) is 0 Å². The molecule has 0 saturated carbocycles. The van der Waals surface area contributed by atoms with Gasteiger partial charge in [-0.2, -0.15) is 0 Å². The third-order valence-corrected chi connectivity index (χ3v) is 2.55. The van der Waals surface area contributed by atoms with Crippen LogP contribution in [-0.2, 0) is 5.60 Å². The second-order valence-electron chi connectivity index (χ2n) is 4.69. The highest BCUT2D eigenvalue weighted by Gasteiger charge is 2.19. The maximum atomic E-state index is 9.88. The summed E-state index contributed by atoms with van der Waals surface area (Å²) in [7, 11) is 0. The molecule has 0 unspecified atom stereocenters. The average Bonchev–Trinajstić information content (AvgIpc) is 2.29. The summed E-state index contributed by atoms with van der Waals surface area (Å²) in [6.07, 6.45) is 1.68. The van der Waals surface area contributed by atoms with Crippen LogP contribution in [0.4, 0.5) is 0 Å². The molecule has 1 heterocycles. The van der Waals surface area contributed by atoms with Crippen molar-refractivity contribution in [3.05, 3.63) is 47.9 Å². The molecule has 0 spiro atoms. The number of aromatic nitrogens is 2. The number of benzene rings is 1. The van der Waals surface area contributed by atoms with Crippen LogP contribution < -0.4 is 0 Å². The van der Waals surface area contributed by atoms with E-state index in [0.717, 1.165) is 11.3 Å². The Morgan fingerprint density at radius 2 is 1.71 bits per heavy atom. The predicted molar refractivity (Wildman–Crippen MR) is 67.4 cm³/mol. The lowest BCUT2D eigenvalue weighted by molar-refractivity contribution is 0.0688. The second kappa shape index (κ2) is 4.26. The van der Waals surface area contributed by atoms with Crippen molar-refractivity contribution in [2.24, 2.45) is 0 Å². The largest absolute Gasteiger partial charge is 0.382 e. The molecule has 1 aromatic carbocycles. The van der Waals surface area contributed by atoms with E-state index in [2.05, 4.69) is 9.97 Å². The number of hydrogen-bond acceptors (Lipinski definition) is 3. The molecule has 0 radical (unpaired) electrons. The van der Waals surface area contributed by atoms with Gasteiger partial charge in [0, 0.05) is 11.8 Å². The van der Waals surface area contributed by atoms with Crippen LogP contribution in [0.25, 0.3) is 11.3 Å². The molecule has 0 aliphatic heterocycles. The van der Waals surface area contributed by atoms with E-state index in [1.165, 1.54) is 5.56 Å². The first kappa shape index (κ1) is 11.7. The zero-order valence-electron chi connectivity index (χ0n) is 10.3. The number of aryl methyl sites for hydroxylation is 1. The fourth-order valence-corrected chi connectivity index (χ4v) is 1.54. The highest BCUT2D eigenvalue weighted by molar-refractivity contribution is 5.59. The maximum Gasteiger partial charge on any atom is 0.159 e. The monoisotopic (exact) mass is 228 g/mol. The van der Waals surface area contributed by atoms with E-state index >= 15 is 0 Å². The van der Waals surface area contributed by atoms with Gasteiger partial charge in [0.25, 0.3) is 0 Å². The van der Waals surface area contributed by atoms with Gasteiger partial charge in [0.1, 0.15) is 5.60 Å². The lowest BCUT2D eigenvalue weighted by Crippen LogP contribution is -2.19. The molecule has 1 aromatic heterocycles. The fraction of sp³-hybridized carbons (Fsp3) is 0.286.